The molecule has 1 saturated heterocycles. The second kappa shape index (κ2) is 8.19. The predicted octanol–water partition coefficient (Wildman–Crippen LogP) is 5.99. The molecule has 4 nitrogen and oxygen atoms in total. The third kappa shape index (κ3) is 3.88. The molecule has 1 aromatic heterocycles. The van der Waals surface area contributed by atoms with Crippen molar-refractivity contribution < 1.29 is 18.0 Å². The number of benzene rings is 3. The van der Waals surface area contributed by atoms with Gasteiger partial charge >= 0.3 is 0 Å². The van der Waals surface area contributed by atoms with Crippen LogP contribution in [0.15, 0.2) is 65.1 Å². The van der Waals surface area contributed by atoms with E-state index in [9.17, 15) is 13.6 Å². The Hall–Kier alpha value is -3.54. The van der Waals surface area contributed by atoms with Gasteiger partial charge in [0.15, 0.2) is 5.58 Å². The highest BCUT2D eigenvalue weighted by atomic mass is 19.1. The van der Waals surface area contributed by atoms with Gasteiger partial charge in [-0.25, -0.2) is 13.8 Å². The summed E-state index contributed by atoms with van der Waals surface area (Å²) >= 11 is 0. The summed E-state index contributed by atoms with van der Waals surface area (Å²) in [5.74, 6) is -0.0479. The van der Waals surface area contributed by atoms with E-state index in [1.807, 2.05) is 24.3 Å². The van der Waals surface area contributed by atoms with E-state index in [-0.39, 0.29) is 30.0 Å². The fourth-order valence-corrected chi connectivity index (χ4v) is 4.29. The van der Waals surface area contributed by atoms with Crippen LogP contribution in [0.2, 0.25) is 0 Å². The summed E-state index contributed by atoms with van der Waals surface area (Å²) in [6.07, 6.45) is 1.87. The molecular weight excluding hydrogens is 410 g/mol. The molecule has 0 aliphatic carbocycles. The number of carbonyl (C=O) groups is 1. The van der Waals surface area contributed by atoms with Gasteiger partial charge < -0.3 is 9.32 Å². The molecule has 1 atom stereocenters. The molecule has 0 N–H and O–H groups in total. The molecule has 162 valence electrons. The number of oxazole rings is 1. The summed E-state index contributed by atoms with van der Waals surface area (Å²) in [5.41, 5.74) is 4.56. The first-order chi connectivity index (χ1) is 15.5. The van der Waals surface area contributed by atoms with Gasteiger partial charge in [-0.3, -0.25) is 4.79 Å². The first-order valence-electron chi connectivity index (χ1n) is 10.7. The van der Waals surface area contributed by atoms with Crippen molar-refractivity contribution in [3.63, 3.8) is 0 Å². The molecule has 5 rings (SSSR count). The zero-order valence-corrected chi connectivity index (χ0v) is 17.6. The van der Waals surface area contributed by atoms with Gasteiger partial charge in [0.2, 0.25) is 11.8 Å². The molecule has 1 unspecified atom stereocenters. The third-order valence-electron chi connectivity index (χ3n) is 6.02. The van der Waals surface area contributed by atoms with Gasteiger partial charge in [0.1, 0.15) is 23.2 Å². The Morgan fingerprint density at radius 3 is 2.59 bits per heavy atom. The monoisotopic (exact) mass is 432 g/mol. The molecule has 0 bridgehead atoms. The molecule has 1 aliphatic heterocycles. The van der Waals surface area contributed by atoms with Crippen LogP contribution < -0.4 is 0 Å². The number of halogens is 2. The van der Waals surface area contributed by atoms with E-state index in [1.54, 1.807) is 30.0 Å². The lowest BCUT2D eigenvalue weighted by atomic mass is 10.0. The van der Waals surface area contributed by atoms with E-state index in [4.69, 9.17) is 4.42 Å². The molecular formula is C26H22F2N2O2. The molecule has 1 amide bonds. The van der Waals surface area contributed by atoms with Crippen LogP contribution >= 0.6 is 0 Å². The van der Waals surface area contributed by atoms with Crippen molar-refractivity contribution in [1.29, 1.82) is 0 Å². The van der Waals surface area contributed by atoms with Crippen LogP contribution in [0, 0.1) is 18.6 Å². The fraction of sp³-hybridized carbons (Fsp3) is 0.231. The number of fused-ring (bicyclic) bond motifs is 1. The Kier molecular flexibility index (Phi) is 5.21. The first-order valence-corrected chi connectivity index (χ1v) is 10.7. The normalized spacial score (nSPS) is 16.1. The molecule has 2 heterocycles. The Bertz CT molecular complexity index is 1300. The van der Waals surface area contributed by atoms with Gasteiger partial charge in [0.05, 0.1) is 6.42 Å². The minimum atomic E-state index is -0.318. The van der Waals surface area contributed by atoms with Gasteiger partial charge in [-0.1, -0.05) is 24.3 Å². The fourth-order valence-electron chi connectivity index (χ4n) is 4.29. The number of carbonyl (C=O) groups excluding carboxylic acids is 1. The van der Waals surface area contributed by atoms with E-state index >= 15 is 0 Å². The van der Waals surface area contributed by atoms with Crippen molar-refractivity contribution in [3.8, 4) is 11.1 Å². The van der Waals surface area contributed by atoms with Gasteiger partial charge in [0.25, 0.3) is 0 Å². The molecule has 1 fully saturated rings. The number of hydrogen-bond donors (Lipinski definition) is 0. The lowest BCUT2D eigenvalue weighted by Gasteiger charge is -2.22. The molecule has 6 heteroatoms. The Morgan fingerprint density at radius 2 is 1.81 bits per heavy atom. The highest BCUT2D eigenvalue weighted by molar-refractivity contribution is 5.81. The standard InChI is InChI=1S/C26H22F2N2O2/c1-16-13-18(6-10-21(16)28)19-7-11-24-22(15-19)29-26(32-24)23-3-2-12-30(23)25(31)14-17-4-8-20(27)9-5-17/h4-11,13,15,23H,2-3,12,14H2,1H3. The number of aryl methyl sites for hydroxylation is 1. The van der Waals surface area contributed by atoms with Crippen molar-refractivity contribution in [2.75, 3.05) is 6.54 Å². The van der Waals surface area contributed by atoms with Crippen molar-refractivity contribution in [2.45, 2.75) is 32.2 Å². The minimum absolute atomic E-state index is 0.0242. The van der Waals surface area contributed by atoms with E-state index in [0.717, 1.165) is 29.5 Å². The number of amides is 1. The maximum absolute atomic E-state index is 13.6. The Balaban J connectivity index is 1.40. The predicted molar refractivity (Wildman–Crippen MR) is 118 cm³/mol. The van der Waals surface area contributed by atoms with E-state index in [0.29, 0.717) is 29.1 Å². The molecule has 0 spiro atoms. The smallest absolute Gasteiger partial charge is 0.227 e. The van der Waals surface area contributed by atoms with Crippen LogP contribution in [0.25, 0.3) is 22.2 Å². The molecule has 32 heavy (non-hydrogen) atoms. The summed E-state index contributed by atoms with van der Waals surface area (Å²) in [6, 6.07) is 16.5. The van der Waals surface area contributed by atoms with Crippen molar-refractivity contribution in [2.24, 2.45) is 0 Å². The number of rotatable bonds is 4. The average molecular weight is 432 g/mol. The van der Waals surface area contributed by atoms with E-state index in [2.05, 4.69) is 4.98 Å². The third-order valence-corrected chi connectivity index (χ3v) is 6.02. The summed E-state index contributed by atoms with van der Waals surface area (Å²) in [6.45, 7) is 2.38. The zero-order valence-electron chi connectivity index (χ0n) is 17.6. The number of hydrogen-bond acceptors (Lipinski definition) is 3. The largest absolute Gasteiger partial charge is 0.438 e. The van der Waals surface area contributed by atoms with Crippen LogP contribution in [0.4, 0.5) is 8.78 Å². The van der Waals surface area contributed by atoms with Crippen LogP contribution in [0.5, 0.6) is 0 Å². The summed E-state index contributed by atoms with van der Waals surface area (Å²) in [5, 5.41) is 0. The molecule has 3 aromatic carbocycles. The highest BCUT2D eigenvalue weighted by Gasteiger charge is 2.33. The minimum Gasteiger partial charge on any atom is -0.438 e. The topological polar surface area (TPSA) is 46.3 Å². The highest BCUT2D eigenvalue weighted by Crippen LogP contribution is 2.35. The van der Waals surface area contributed by atoms with Crippen LogP contribution in [-0.2, 0) is 11.2 Å². The summed E-state index contributed by atoms with van der Waals surface area (Å²) < 4.78 is 32.8. The van der Waals surface area contributed by atoms with Gasteiger partial charge in [0, 0.05) is 6.54 Å². The van der Waals surface area contributed by atoms with Crippen molar-refractivity contribution in [3.05, 3.63) is 89.3 Å². The number of nitrogens with zero attached hydrogens (tertiary/aromatic N) is 2. The van der Waals surface area contributed by atoms with E-state index in [1.165, 1.54) is 18.2 Å². The zero-order chi connectivity index (χ0) is 22.2. The lowest BCUT2D eigenvalue weighted by molar-refractivity contribution is -0.131. The van der Waals surface area contributed by atoms with Gasteiger partial charge in [-0.05, 0) is 78.4 Å². The Morgan fingerprint density at radius 1 is 1.06 bits per heavy atom. The van der Waals surface area contributed by atoms with Gasteiger partial charge in [-0.2, -0.15) is 0 Å². The summed E-state index contributed by atoms with van der Waals surface area (Å²) in [4.78, 5) is 19.4. The number of aromatic nitrogens is 1. The van der Waals surface area contributed by atoms with E-state index < -0.39 is 0 Å². The van der Waals surface area contributed by atoms with Crippen molar-refractivity contribution in [1.82, 2.24) is 9.88 Å². The van der Waals surface area contributed by atoms with Gasteiger partial charge in [-0.15, -0.1) is 0 Å². The first kappa shape index (κ1) is 20.4. The maximum atomic E-state index is 13.6. The SMILES string of the molecule is Cc1cc(-c2ccc3oc(C4CCCN4C(=O)Cc4ccc(F)cc4)nc3c2)ccc1F. The van der Waals surface area contributed by atoms with Crippen LogP contribution in [0.1, 0.15) is 35.9 Å². The second-order valence-electron chi connectivity index (χ2n) is 8.25. The maximum Gasteiger partial charge on any atom is 0.227 e. The quantitative estimate of drug-likeness (QED) is 0.398. The molecule has 0 saturated carbocycles. The second-order valence-corrected chi connectivity index (χ2v) is 8.25. The Labute approximate surface area is 184 Å². The van der Waals surface area contributed by atoms with Crippen LogP contribution in [-0.4, -0.2) is 22.3 Å². The lowest BCUT2D eigenvalue weighted by Crippen LogP contribution is -2.32. The molecule has 0 radical (unpaired) electrons. The van der Waals surface area contributed by atoms with Crippen LogP contribution in [0.3, 0.4) is 0 Å². The summed E-state index contributed by atoms with van der Waals surface area (Å²) in [7, 11) is 0. The average Bonchev–Trinajstić information content (AvgIpc) is 3.43. The number of likely N-dealkylation sites (tertiary alicyclic amines) is 1. The molecule has 4 aromatic rings. The van der Waals surface area contributed by atoms with Crippen molar-refractivity contribution >= 4 is 17.0 Å². The molecule has 1 aliphatic rings.